The summed E-state index contributed by atoms with van der Waals surface area (Å²) in [7, 11) is 0. The summed E-state index contributed by atoms with van der Waals surface area (Å²) >= 11 is 0. The van der Waals surface area contributed by atoms with Crippen LogP contribution < -0.4 is 10.1 Å². The van der Waals surface area contributed by atoms with Gasteiger partial charge in [0.05, 0.1) is 0 Å². The number of nitrogens with one attached hydrogen (secondary N) is 1. The molecule has 0 radical (unpaired) electrons. The van der Waals surface area contributed by atoms with Gasteiger partial charge in [-0.1, -0.05) is 12.1 Å². The average molecular weight is 405 g/mol. The highest BCUT2D eigenvalue weighted by Crippen LogP contribution is 2.28. The summed E-state index contributed by atoms with van der Waals surface area (Å²) in [6.45, 7) is 0.998. The molecule has 1 aromatic carbocycles. The second kappa shape index (κ2) is 7.61. The number of carbonyl (C=O) groups is 1. The van der Waals surface area contributed by atoms with Crippen LogP contribution >= 0.6 is 0 Å². The van der Waals surface area contributed by atoms with E-state index in [1.807, 2.05) is 28.8 Å². The van der Waals surface area contributed by atoms with Crippen LogP contribution in [-0.4, -0.2) is 45.0 Å². The van der Waals surface area contributed by atoms with Crippen LogP contribution in [0.5, 0.6) is 5.75 Å². The average Bonchev–Trinajstić information content (AvgIpc) is 3.11. The van der Waals surface area contributed by atoms with Gasteiger partial charge >= 0.3 is 12.4 Å². The second-order valence-electron chi connectivity index (χ2n) is 6.78. The number of ether oxygens (including phenoxy) is 1. The summed E-state index contributed by atoms with van der Waals surface area (Å²) in [5.74, 6) is 0.423. The van der Waals surface area contributed by atoms with Gasteiger partial charge < -0.3 is 15.0 Å². The normalized spacial score (nSPS) is 17.3. The van der Waals surface area contributed by atoms with Crippen LogP contribution in [-0.2, 0) is 0 Å². The Kier molecular flexibility index (Phi) is 4.99. The Morgan fingerprint density at radius 2 is 2.03 bits per heavy atom. The third kappa shape index (κ3) is 4.41. The first kappa shape index (κ1) is 19.0. The Bertz CT molecular complexity index is 1020. The molecular formula is C19H18F3N5O2. The summed E-state index contributed by atoms with van der Waals surface area (Å²) in [4.78, 5) is 14.3. The summed E-state index contributed by atoms with van der Waals surface area (Å²) in [5, 5.41) is 11.1. The van der Waals surface area contributed by atoms with Crippen LogP contribution in [0.3, 0.4) is 0 Å². The van der Waals surface area contributed by atoms with Crippen LogP contribution in [0.25, 0.3) is 5.65 Å². The van der Waals surface area contributed by atoms with E-state index in [1.165, 1.54) is 18.2 Å². The first-order valence-corrected chi connectivity index (χ1v) is 9.10. The third-order valence-corrected chi connectivity index (χ3v) is 4.73. The number of urea groups is 1. The maximum atomic E-state index is 12.7. The van der Waals surface area contributed by atoms with Gasteiger partial charge in [-0.05, 0) is 37.1 Å². The number of anilines is 1. The standard InChI is InChI=1S/C19H18F3N5O2/c20-19(21,22)29-15-7-3-6-14(11-15)23-18(28)26-9-4-5-13(12-26)17-25-24-16-8-1-2-10-27(16)17/h1-3,6-8,10-11,13H,4-5,9,12H2,(H,23,28). The largest absolute Gasteiger partial charge is 0.573 e. The van der Waals surface area contributed by atoms with E-state index in [9.17, 15) is 18.0 Å². The van der Waals surface area contributed by atoms with Crippen molar-refractivity contribution >= 4 is 17.4 Å². The Hall–Kier alpha value is -3.30. The van der Waals surface area contributed by atoms with Crippen molar-refractivity contribution < 1.29 is 22.7 Å². The van der Waals surface area contributed by atoms with Crippen LogP contribution in [0.2, 0.25) is 0 Å². The number of likely N-dealkylation sites (tertiary alicyclic amines) is 1. The number of alkyl halides is 3. The van der Waals surface area contributed by atoms with Gasteiger partial charge in [0.15, 0.2) is 5.65 Å². The maximum Gasteiger partial charge on any atom is 0.573 e. The van der Waals surface area contributed by atoms with E-state index >= 15 is 0 Å². The van der Waals surface area contributed by atoms with E-state index in [2.05, 4.69) is 20.3 Å². The first-order valence-electron chi connectivity index (χ1n) is 9.10. The smallest absolute Gasteiger partial charge is 0.406 e. The number of pyridine rings is 1. The van der Waals surface area contributed by atoms with Gasteiger partial charge in [0.1, 0.15) is 11.6 Å². The molecule has 1 fully saturated rings. The lowest BCUT2D eigenvalue weighted by molar-refractivity contribution is -0.274. The fraction of sp³-hybridized carbons (Fsp3) is 0.316. The third-order valence-electron chi connectivity index (χ3n) is 4.73. The van der Waals surface area contributed by atoms with Gasteiger partial charge in [-0.2, -0.15) is 0 Å². The molecule has 4 rings (SSSR count). The van der Waals surface area contributed by atoms with Crippen molar-refractivity contribution in [2.24, 2.45) is 0 Å². The van der Waals surface area contributed by atoms with Crippen molar-refractivity contribution in [3.63, 3.8) is 0 Å². The highest BCUT2D eigenvalue weighted by atomic mass is 19.4. The van der Waals surface area contributed by atoms with E-state index in [4.69, 9.17) is 0 Å². The number of benzene rings is 1. The molecule has 7 nitrogen and oxygen atoms in total. The number of amides is 2. The van der Waals surface area contributed by atoms with Gasteiger partial charge in [-0.15, -0.1) is 23.4 Å². The van der Waals surface area contributed by atoms with Crippen LogP contribution in [0.1, 0.15) is 24.6 Å². The Labute approximate surface area is 164 Å². The fourth-order valence-electron chi connectivity index (χ4n) is 3.48. The van der Waals surface area contributed by atoms with E-state index in [0.717, 1.165) is 30.4 Å². The number of piperidine rings is 1. The van der Waals surface area contributed by atoms with Crippen molar-refractivity contribution in [3.05, 3.63) is 54.5 Å². The summed E-state index contributed by atoms with van der Waals surface area (Å²) in [6.07, 6.45) is -1.25. The Morgan fingerprint density at radius 3 is 2.86 bits per heavy atom. The Balaban J connectivity index is 1.45. The summed E-state index contributed by atoms with van der Waals surface area (Å²) < 4.78 is 43.0. The van der Waals surface area contributed by atoms with Crippen LogP contribution in [0, 0.1) is 0 Å². The van der Waals surface area contributed by atoms with Gasteiger partial charge in [0, 0.05) is 37.0 Å². The SMILES string of the molecule is O=C(Nc1cccc(OC(F)(F)F)c1)N1CCCC(c2nnc3ccccn23)C1. The minimum atomic E-state index is -4.79. The number of hydrogen-bond acceptors (Lipinski definition) is 4. The van der Waals surface area contributed by atoms with E-state index in [1.54, 1.807) is 4.90 Å². The molecule has 0 aliphatic carbocycles. The fourth-order valence-corrected chi connectivity index (χ4v) is 3.48. The molecule has 0 bridgehead atoms. The number of halogens is 3. The highest BCUT2D eigenvalue weighted by Gasteiger charge is 2.31. The summed E-state index contributed by atoms with van der Waals surface area (Å²) in [5.41, 5.74) is 0.970. The second-order valence-corrected chi connectivity index (χ2v) is 6.78. The van der Waals surface area contributed by atoms with Crippen LogP contribution in [0.15, 0.2) is 48.7 Å². The highest BCUT2D eigenvalue weighted by molar-refractivity contribution is 5.89. The lowest BCUT2D eigenvalue weighted by atomic mass is 9.97. The predicted octanol–water partition coefficient (Wildman–Crippen LogP) is 4.04. The molecule has 3 heterocycles. The van der Waals surface area contributed by atoms with Gasteiger partial charge in [-0.25, -0.2) is 4.79 Å². The quantitative estimate of drug-likeness (QED) is 0.714. The monoisotopic (exact) mass is 405 g/mol. The van der Waals surface area contributed by atoms with Gasteiger partial charge in [0.25, 0.3) is 0 Å². The van der Waals surface area contributed by atoms with E-state index in [-0.39, 0.29) is 23.4 Å². The minimum absolute atomic E-state index is 0.0202. The lowest BCUT2D eigenvalue weighted by Crippen LogP contribution is -2.42. The topological polar surface area (TPSA) is 71.8 Å². The molecule has 0 saturated carbocycles. The molecule has 1 aliphatic rings. The lowest BCUT2D eigenvalue weighted by Gasteiger charge is -2.32. The van der Waals surface area contributed by atoms with Crippen molar-refractivity contribution in [2.45, 2.75) is 25.1 Å². The number of nitrogens with zero attached hydrogens (tertiary/aromatic N) is 4. The Morgan fingerprint density at radius 1 is 1.17 bits per heavy atom. The van der Waals surface area contributed by atoms with Gasteiger partial charge in [-0.3, -0.25) is 4.40 Å². The molecule has 1 unspecified atom stereocenters. The zero-order valence-corrected chi connectivity index (χ0v) is 15.3. The molecule has 1 aliphatic heterocycles. The molecule has 10 heteroatoms. The molecular weight excluding hydrogens is 387 g/mol. The zero-order chi connectivity index (χ0) is 20.4. The predicted molar refractivity (Wildman–Crippen MR) is 98.7 cm³/mol. The molecule has 29 heavy (non-hydrogen) atoms. The number of carbonyl (C=O) groups excluding carboxylic acids is 1. The molecule has 2 amide bonds. The summed E-state index contributed by atoms with van der Waals surface area (Å²) in [6, 6.07) is 10.5. The van der Waals surface area contributed by atoms with Crippen LogP contribution in [0.4, 0.5) is 23.7 Å². The van der Waals surface area contributed by atoms with E-state index < -0.39 is 6.36 Å². The van der Waals surface area contributed by atoms with Crippen molar-refractivity contribution in [1.82, 2.24) is 19.5 Å². The maximum absolute atomic E-state index is 12.7. The zero-order valence-electron chi connectivity index (χ0n) is 15.3. The molecule has 0 spiro atoms. The number of rotatable bonds is 3. The molecule has 1 atom stereocenters. The number of fused-ring (bicyclic) bond motifs is 1. The molecule has 1 saturated heterocycles. The molecule has 152 valence electrons. The first-order chi connectivity index (χ1) is 13.9. The van der Waals surface area contributed by atoms with E-state index in [0.29, 0.717) is 13.1 Å². The van der Waals surface area contributed by atoms with Crippen molar-refractivity contribution in [1.29, 1.82) is 0 Å². The van der Waals surface area contributed by atoms with Crippen molar-refractivity contribution in [3.8, 4) is 5.75 Å². The number of hydrogen-bond donors (Lipinski definition) is 1. The van der Waals surface area contributed by atoms with Gasteiger partial charge in [0.2, 0.25) is 0 Å². The minimum Gasteiger partial charge on any atom is -0.406 e. The molecule has 3 aromatic rings. The number of aromatic nitrogens is 3. The molecule has 2 aromatic heterocycles. The molecule has 1 N–H and O–H groups in total. The van der Waals surface area contributed by atoms with Crippen molar-refractivity contribution in [2.75, 3.05) is 18.4 Å².